The van der Waals surface area contributed by atoms with E-state index < -0.39 is 5.41 Å². The van der Waals surface area contributed by atoms with Crippen LogP contribution in [0.2, 0.25) is 5.02 Å². The predicted molar refractivity (Wildman–Crippen MR) is 102 cm³/mol. The highest BCUT2D eigenvalue weighted by Gasteiger charge is 2.39. The Bertz CT molecular complexity index is 1240. The van der Waals surface area contributed by atoms with Crippen molar-refractivity contribution in [3.63, 3.8) is 0 Å². The lowest BCUT2D eigenvalue weighted by atomic mass is 9.84. The van der Waals surface area contributed by atoms with E-state index in [1.54, 1.807) is 24.4 Å². The van der Waals surface area contributed by atoms with Crippen molar-refractivity contribution in [1.82, 2.24) is 19.7 Å². The minimum absolute atomic E-state index is 0.246. The van der Waals surface area contributed by atoms with Crippen LogP contribution in [-0.2, 0) is 5.41 Å². The van der Waals surface area contributed by atoms with Crippen LogP contribution < -0.4 is 5.56 Å². The number of benzene rings is 2. The van der Waals surface area contributed by atoms with E-state index in [1.807, 2.05) is 10.8 Å². The van der Waals surface area contributed by atoms with Crippen molar-refractivity contribution in [3.05, 3.63) is 75.6 Å². The fraction of sp³-hybridized carbons (Fsp3) is 0.150. The zero-order chi connectivity index (χ0) is 18.1. The maximum atomic E-state index is 12.6. The van der Waals surface area contributed by atoms with Crippen molar-refractivity contribution in [3.8, 4) is 16.8 Å². The third-order valence-electron chi connectivity index (χ3n) is 5.16. The van der Waals surface area contributed by atoms with Crippen LogP contribution in [0.4, 0.5) is 0 Å². The van der Waals surface area contributed by atoms with Crippen LogP contribution in [0.15, 0.2) is 53.6 Å². The summed E-state index contributed by atoms with van der Waals surface area (Å²) in [5.41, 5.74) is 4.25. The number of hydrogen-bond donors (Lipinski definition) is 1. The maximum Gasteiger partial charge on any atom is 0.280 e. The Balaban J connectivity index is 1.90. The van der Waals surface area contributed by atoms with E-state index >= 15 is 0 Å². The number of halogens is 1. The van der Waals surface area contributed by atoms with Gasteiger partial charge in [0.2, 0.25) is 0 Å². The molecule has 0 saturated heterocycles. The third kappa shape index (κ3) is 1.89. The number of H-pyrrole nitrogens is 1. The molecule has 128 valence electrons. The van der Waals surface area contributed by atoms with Crippen LogP contribution in [0, 0.1) is 0 Å². The van der Waals surface area contributed by atoms with Crippen molar-refractivity contribution in [2.24, 2.45) is 0 Å². The zero-order valence-corrected chi connectivity index (χ0v) is 15.0. The molecule has 0 saturated carbocycles. The molecular weight excluding hydrogens is 348 g/mol. The standard InChI is InChI=1S/C20H15ClN4O/c1-20(2)14-8-11(12-9-22-23-10-12)6-7-16(14)25-17-13(4-3-5-15(17)21)18(26)24-19(20)25/h3-10H,1-2H3,(H,22,23). The molecule has 5 rings (SSSR count). The van der Waals surface area contributed by atoms with Gasteiger partial charge in [-0.1, -0.05) is 23.7 Å². The van der Waals surface area contributed by atoms with Crippen molar-refractivity contribution in [1.29, 1.82) is 0 Å². The molecule has 0 unspecified atom stereocenters. The lowest BCUT2D eigenvalue weighted by Crippen LogP contribution is -2.24. The summed E-state index contributed by atoms with van der Waals surface area (Å²) < 4.78 is 2.02. The molecule has 26 heavy (non-hydrogen) atoms. The average Bonchev–Trinajstić information content (AvgIpc) is 3.22. The van der Waals surface area contributed by atoms with Gasteiger partial charge in [-0.3, -0.25) is 14.5 Å². The monoisotopic (exact) mass is 362 g/mol. The first kappa shape index (κ1) is 15.3. The van der Waals surface area contributed by atoms with Gasteiger partial charge in [-0.05, 0) is 49.2 Å². The smallest absolute Gasteiger partial charge is 0.280 e. The number of nitrogens with one attached hydrogen (secondary N) is 1. The second-order valence-electron chi connectivity index (χ2n) is 7.06. The first-order valence-corrected chi connectivity index (χ1v) is 8.72. The highest BCUT2D eigenvalue weighted by molar-refractivity contribution is 6.35. The molecule has 0 amide bonds. The summed E-state index contributed by atoms with van der Waals surface area (Å²) in [6, 6.07) is 11.6. The summed E-state index contributed by atoms with van der Waals surface area (Å²) in [4.78, 5) is 17.0. The Kier molecular flexibility index (Phi) is 2.98. The molecule has 0 bridgehead atoms. The highest BCUT2D eigenvalue weighted by atomic mass is 35.5. The van der Waals surface area contributed by atoms with Crippen LogP contribution in [0.3, 0.4) is 0 Å². The van der Waals surface area contributed by atoms with Gasteiger partial charge in [0, 0.05) is 11.8 Å². The lowest BCUT2D eigenvalue weighted by Gasteiger charge is -2.19. The maximum absolute atomic E-state index is 12.6. The number of para-hydroxylation sites is 1. The quantitative estimate of drug-likeness (QED) is 0.555. The average molecular weight is 363 g/mol. The van der Waals surface area contributed by atoms with Gasteiger partial charge in [-0.15, -0.1) is 0 Å². The Hall–Kier alpha value is -2.92. The van der Waals surface area contributed by atoms with Gasteiger partial charge in [-0.25, -0.2) is 0 Å². The van der Waals surface area contributed by atoms with E-state index in [2.05, 4.69) is 47.2 Å². The Morgan fingerprint density at radius 1 is 1.15 bits per heavy atom. The molecule has 0 aliphatic carbocycles. The van der Waals surface area contributed by atoms with E-state index in [4.69, 9.17) is 11.6 Å². The van der Waals surface area contributed by atoms with Crippen LogP contribution in [-0.4, -0.2) is 19.7 Å². The van der Waals surface area contributed by atoms with Crippen LogP contribution in [0.5, 0.6) is 0 Å². The van der Waals surface area contributed by atoms with Crippen molar-refractivity contribution < 1.29 is 0 Å². The molecule has 0 radical (unpaired) electrons. The van der Waals surface area contributed by atoms with Gasteiger partial charge in [0.25, 0.3) is 5.56 Å². The molecule has 6 heteroatoms. The SMILES string of the molecule is CC1(C)c2cc(-c3cn[nH]c3)ccc2-n2c1nc(=O)c1cccc(Cl)c12. The van der Waals surface area contributed by atoms with Crippen molar-refractivity contribution in [2.75, 3.05) is 0 Å². The van der Waals surface area contributed by atoms with Gasteiger partial charge in [0.05, 0.1) is 33.2 Å². The first-order valence-electron chi connectivity index (χ1n) is 8.34. The van der Waals surface area contributed by atoms with Crippen LogP contribution in [0.25, 0.3) is 27.7 Å². The number of aromatic amines is 1. The summed E-state index contributed by atoms with van der Waals surface area (Å²) >= 11 is 6.48. The van der Waals surface area contributed by atoms with Gasteiger partial charge < -0.3 is 0 Å². The second kappa shape index (κ2) is 5.05. The summed E-state index contributed by atoms with van der Waals surface area (Å²) in [6.07, 6.45) is 3.66. The highest BCUT2D eigenvalue weighted by Crippen LogP contribution is 2.44. The van der Waals surface area contributed by atoms with Crippen molar-refractivity contribution in [2.45, 2.75) is 19.3 Å². The van der Waals surface area contributed by atoms with Gasteiger partial charge in [0.1, 0.15) is 5.82 Å². The van der Waals surface area contributed by atoms with Gasteiger partial charge in [-0.2, -0.15) is 10.1 Å². The zero-order valence-electron chi connectivity index (χ0n) is 14.2. The molecule has 0 spiro atoms. The Morgan fingerprint density at radius 2 is 2.00 bits per heavy atom. The van der Waals surface area contributed by atoms with E-state index in [0.29, 0.717) is 21.7 Å². The topological polar surface area (TPSA) is 63.6 Å². The Labute approximate surface area is 154 Å². The minimum atomic E-state index is -0.415. The third-order valence-corrected chi connectivity index (χ3v) is 5.47. The van der Waals surface area contributed by atoms with E-state index in [0.717, 1.165) is 22.4 Å². The van der Waals surface area contributed by atoms with E-state index in [1.165, 1.54) is 0 Å². The molecule has 0 atom stereocenters. The molecule has 1 aliphatic rings. The molecule has 3 heterocycles. The summed E-state index contributed by atoms with van der Waals surface area (Å²) in [7, 11) is 0. The predicted octanol–water partition coefficient (Wildman–Crippen LogP) is 4.07. The molecular formula is C20H15ClN4O. The number of fused-ring (bicyclic) bond motifs is 5. The van der Waals surface area contributed by atoms with Crippen LogP contribution in [0.1, 0.15) is 25.2 Å². The van der Waals surface area contributed by atoms with E-state index in [9.17, 15) is 4.79 Å². The van der Waals surface area contributed by atoms with Gasteiger partial charge >= 0.3 is 0 Å². The molecule has 1 N–H and O–H groups in total. The largest absolute Gasteiger partial charge is 0.295 e. The summed E-state index contributed by atoms with van der Waals surface area (Å²) in [5.74, 6) is 0.711. The normalized spacial score (nSPS) is 14.4. The van der Waals surface area contributed by atoms with E-state index in [-0.39, 0.29) is 5.56 Å². The number of hydrogen-bond acceptors (Lipinski definition) is 3. The molecule has 2 aromatic carbocycles. The molecule has 5 nitrogen and oxygen atoms in total. The first-order chi connectivity index (χ1) is 12.5. The molecule has 0 fully saturated rings. The fourth-order valence-corrected chi connectivity index (χ4v) is 4.08. The molecule has 1 aliphatic heterocycles. The molecule has 2 aromatic heterocycles. The van der Waals surface area contributed by atoms with Crippen molar-refractivity contribution >= 4 is 22.5 Å². The van der Waals surface area contributed by atoms with Crippen LogP contribution >= 0.6 is 11.6 Å². The van der Waals surface area contributed by atoms with Gasteiger partial charge in [0.15, 0.2) is 0 Å². The molecule has 4 aromatic rings. The lowest BCUT2D eigenvalue weighted by molar-refractivity contribution is 0.610. The summed E-state index contributed by atoms with van der Waals surface area (Å²) in [5, 5.41) is 7.96. The number of aromatic nitrogens is 4. The Morgan fingerprint density at radius 3 is 2.77 bits per heavy atom. The number of nitrogens with zero attached hydrogens (tertiary/aromatic N) is 3. The minimum Gasteiger partial charge on any atom is -0.295 e. The fourth-order valence-electron chi connectivity index (χ4n) is 3.82. The number of rotatable bonds is 1. The second-order valence-corrected chi connectivity index (χ2v) is 7.46. The summed E-state index contributed by atoms with van der Waals surface area (Å²) in [6.45, 7) is 4.16.